The molecule has 1 heterocycles. The maximum absolute atomic E-state index is 12.7. The molecule has 138 valence electrons. The van der Waals surface area contributed by atoms with E-state index in [2.05, 4.69) is 10.0 Å². The molecule has 0 radical (unpaired) electrons. The van der Waals surface area contributed by atoms with E-state index in [0.717, 1.165) is 11.8 Å². The van der Waals surface area contributed by atoms with Crippen molar-refractivity contribution in [3.8, 4) is 11.5 Å². The number of hydrogen-bond acceptors (Lipinski definition) is 5. The highest BCUT2D eigenvalue weighted by Gasteiger charge is 2.20. The minimum Gasteiger partial charge on any atom is -0.454 e. The van der Waals surface area contributed by atoms with Crippen LogP contribution in [0.1, 0.15) is 28.9 Å². The summed E-state index contributed by atoms with van der Waals surface area (Å²) in [7, 11) is -3.54. The van der Waals surface area contributed by atoms with Crippen molar-refractivity contribution in [3.05, 3.63) is 52.5 Å². The number of ether oxygens (including phenoxy) is 2. The van der Waals surface area contributed by atoms with Gasteiger partial charge in [0.25, 0.3) is 5.91 Å². The lowest BCUT2D eigenvalue weighted by Gasteiger charge is -2.17. The predicted octanol–water partition coefficient (Wildman–Crippen LogP) is 2.93. The van der Waals surface area contributed by atoms with Crippen LogP contribution in [0.15, 0.2) is 36.4 Å². The van der Waals surface area contributed by atoms with Crippen LogP contribution >= 0.6 is 11.6 Å². The van der Waals surface area contributed by atoms with Crippen molar-refractivity contribution in [2.75, 3.05) is 17.8 Å². The van der Waals surface area contributed by atoms with Crippen LogP contribution in [0.4, 0.5) is 5.69 Å². The molecule has 0 unspecified atom stereocenters. The maximum atomic E-state index is 12.7. The molecule has 2 aromatic carbocycles. The third kappa shape index (κ3) is 4.20. The minimum atomic E-state index is -3.54. The quantitative estimate of drug-likeness (QED) is 0.810. The number of sulfonamides is 1. The average Bonchev–Trinajstić information content (AvgIpc) is 3.02. The van der Waals surface area contributed by atoms with Crippen molar-refractivity contribution in [2.45, 2.75) is 13.0 Å². The summed E-state index contributed by atoms with van der Waals surface area (Å²) in [6.07, 6.45) is 1.01. The van der Waals surface area contributed by atoms with E-state index in [9.17, 15) is 13.2 Å². The highest BCUT2D eigenvalue weighted by Crippen LogP contribution is 2.34. The molecule has 1 aliphatic heterocycles. The zero-order valence-electron chi connectivity index (χ0n) is 14.1. The van der Waals surface area contributed by atoms with Crippen molar-refractivity contribution in [2.24, 2.45) is 0 Å². The number of benzene rings is 2. The van der Waals surface area contributed by atoms with E-state index in [4.69, 9.17) is 21.1 Å². The number of nitrogens with one attached hydrogen (secondary N) is 2. The number of halogens is 1. The Morgan fingerprint density at radius 2 is 1.88 bits per heavy atom. The molecule has 0 bridgehead atoms. The summed E-state index contributed by atoms with van der Waals surface area (Å²) in [6.45, 7) is 1.98. The Labute approximate surface area is 156 Å². The number of carbonyl (C=O) groups excluding carboxylic acids is 1. The predicted molar refractivity (Wildman–Crippen MR) is 98.4 cm³/mol. The summed E-state index contributed by atoms with van der Waals surface area (Å²) in [5.74, 6) is 0.816. The Balaban J connectivity index is 1.82. The molecule has 0 saturated heterocycles. The topological polar surface area (TPSA) is 93.7 Å². The summed E-state index contributed by atoms with van der Waals surface area (Å²) in [4.78, 5) is 12.7. The summed E-state index contributed by atoms with van der Waals surface area (Å²) in [5.41, 5.74) is 1.12. The second-order valence-electron chi connectivity index (χ2n) is 5.87. The van der Waals surface area contributed by atoms with Crippen LogP contribution in [0.5, 0.6) is 11.5 Å². The van der Waals surface area contributed by atoms with Gasteiger partial charge in [0.05, 0.1) is 23.5 Å². The summed E-state index contributed by atoms with van der Waals surface area (Å²) < 4.78 is 36.0. The monoisotopic (exact) mass is 396 g/mol. The van der Waals surface area contributed by atoms with Crippen LogP contribution in [0.3, 0.4) is 0 Å². The molecule has 3 rings (SSSR count). The first-order chi connectivity index (χ1) is 12.2. The van der Waals surface area contributed by atoms with Crippen LogP contribution in [0.2, 0.25) is 5.02 Å². The zero-order valence-corrected chi connectivity index (χ0v) is 15.6. The molecular weight excluding hydrogens is 380 g/mol. The van der Waals surface area contributed by atoms with Gasteiger partial charge in [-0.1, -0.05) is 17.7 Å². The highest BCUT2D eigenvalue weighted by molar-refractivity contribution is 7.92. The summed E-state index contributed by atoms with van der Waals surface area (Å²) in [5, 5.41) is 3.15. The Morgan fingerprint density at radius 3 is 2.62 bits per heavy atom. The number of anilines is 1. The van der Waals surface area contributed by atoms with E-state index in [1.807, 2.05) is 13.0 Å². The Morgan fingerprint density at radius 1 is 1.15 bits per heavy atom. The fourth-order valence-corrected chi connectivity index (χ4v) is 3.28. The van der Waals surface area contributed by atoms with Gasteiger partial charge in [-0.25, -0.2) is 8.42 Å². The number of hydrogen-bond donors (Lipinski definition) is 2. The molecule has 0 aliphatic carbocycles. The molecule has 2 aromatic rings. The van der Waals surface area contributed by atoms with Crippen molar-refractivity contribution in [1.29, 1.82) is 0 Å². The van der Waals surface area contributed by atoms with E-state index in [1.165, 1.54) is 18.2 Å². The normalized spacial score (nSPS) is 14.0. The molecule has 7 nitrogen and oxygen atoms in total. The van der Waals surface area contributed by atoms with Gasteiger partial charge in [0.1, 0.15) is 0 Å². The van der Waals surface area contributed by atoms with Gasteiger partial charge < -0.3 is 14.8 Å². The zero-order chi connectivity index (χ0) is 18.9. The lowest BCUT2D eigenvalue weighted by Crippen LogP contribution is -2.28. The fourth-order valence-electron chi connectivity index (χ4n) is 2.53. The summed E-state index contributed by atoms with van der Waals surface area (Å²) >= 11 is 5.96. The Hall–Kier alpha value is -2.45. The molecule has 1 amide bonds. The Kier molecular flexibility index (Phi) is 4.97. The van der Waals surface area contributed by atoms with Gasteiger partial charge in [0.2, 0.25) is 16.8 Å². The van der Waals surface area contributed by atoms with Crippen molar-refractivity contribution in [1.82, 2.24) is 5.32 Å². The molecular formula is C17H17ClN2O5S. The number of rotatable bonds is 5. The van der Waals surface area contributed by atoms with E-state index in [-0.39, 0.29) is 24.1 Å². The summed E-state index contributed by atoms with van der Waals surface area (Å²) in [6, 6.07) is 9.42. The van der Waals surface area contributed by atoms with Gasteiger partial charge in [-0.05, 0) is 42.8 Å². The number of amides is 1. The molecule has 9 heteroatoms. The number of fused-ring (bicyclic) bond motifs is 1. The van der Waals surface area contributed by atoms with E-state index >= 15 is 0 Å². The molecule has 0 aromatic heterocycles. The highest BCUT2D eigenvalue weighted by atomic mass is 35.5. The molecule has 2 N–H and O–H groups in total. The Bertz CT molecular complexity index is 962. The van der Waals surface area contributed by atoms with Crippen LogP contribution < -0.4 is 19.5 Å². The van der Waals surface area contributed by atoms with Crippen molar-refractivity contribution >= 4 is 33.2 Å². The molecule has 0 saturated carbocycles. The van der Waals surface area contributed by atoms with Gasteiger partial charge in [-0.3, -0.25) is 9.52 Å². The largest absolute Gasteiger partial charge is 0.454 e. The molecule has 1 atom stereocenters. The third-order valence-electron chi connectivity index (χ3n) is 3.77. The average molecular weight is 397 g/mol. The van der Waals surface area contributed by atoms with Gasteiger partial charge in [-0.15, -0.1) is 0 Å². The van der Waals surface area contributed by atoms with E-state index < -0.39 is 15.9 Å². The smallest absolute Gasteiger partial charge is 0.253 e. The lowest BCUT2D eigenvalue weighted by molar-refractivity contribution is 0.0940. The lowest BCUT2D eigenvalue weighted by atomic mass is 10.1. The minimum absolute atomic E-state index is 0.135. The first kappa shape index (κ1) is 18.3. The van der Waals surface area contributed by atoms with Crippen molar-refractivity contribution < 1.29 is 22.7 Å². The first-order valence-electron chi connectivity index (χ1n) is 7.71. The van der Waals surface area contributed by atoms with Gasteiger partial charge in [-0.2, -0.15) is 0 Å². The standard InChI is InChI=1S/C17H17ClN2O5S/c1-10(11-3-6-15-16(7-11)25-9-24-15)19-17(21)13-8-12(18)4-5-14(13)20-26(2,22)23/h3-8,10,20H,9H2,1-2H3,(H,19,21)/t10-/m1/s1. The maximum Gasteiger partial charge on any atom is 0.253 e. The SMILES string of the molecule is C[C@@H](NC(=O)c1cc(Cl)ccc1NS(C)(=O)=O)c1ccc2c(c1)OCO2. The van der Waals surface area contributed by atoms with Gasteiger partial charge in [0.15, 0.2) is 11.5 Å². The van der Waals surface area contributed by atoms with Crippen molar-refractivity contribution in [3.63, 3.8) is 0 Å². The van der Waals surface area contributed by atoms with Crippen LogP contribution in [-0.2, 0) is 10.0 Å². The number of carbonyl (C=O) groups is 1. The second kappa shape index (κ2) is 7.05. The van der Waals surface area contributed by atoms with Gasteiger partial charge >= 0.3 is 0 Å². The third-order valence-corrected chi connectivity index (χ3v) is 4.59. The van der Waals surface area contributed by atoms with E-state index in [0.29, 0.717) is 16.5 Å². The molecule has 26 heavy (non-hydrogen) atoms. The van der Waals surface area contributed by atoms with Gasteiger partial charge in [0, 0.05) is 5.02 Å². The molecule has 0 spiro atoms. The van der Waals surface area contributed by atoms with Crippen LogP contribution in [0.25, 0.3) is 0 Å². The van der Waals surface area contributed by atoms with E-state index in [1.54, 1.807) is 12.1 Å². The second-order valence-corrected chi connectivity index (χ2v) is 8.06. The molecule has 0 fully saturated rings. The van der Waals surface area contributed by atoms with Crippen LogP contribution in [-0.4, -0.2) is 27.4 Å². The fraction of sp³-hybridized carbons (Fsp3) is 0.235. The van der Waals surface area contributed by atoms with Crippen LogP contribution in [0, 0.1) is 0 Å². The first-order valence-corrected chi connectivity index (χ1v) is 9.97. The molecule has 1 aliphatic rings.